The summed E-state index contributed by atoms with van der Waals surface area (Å²) in [6, 6.07) is 8.12. The van der Waals surface area contributed by atoms with Gasteiger partial charge in [0.1, 0.15) is 0 Å². The van der Waals surface area contributed by atoms with E-state index in [4.69, 9.17) is 0 Å². The molecular formula is C20H23N3O3. The van der Waals surface area contributed by atoms with Crippen LogP contribution in [-0.4, -0.2) is 44.8 Å². The van der Waals surface area contributed by atoms with Crippen LogP contribution in [0.4, 0.5) is 0 Å². The van der Waals surface area contributed by atoms with Gasteiger partial charge in [0.2, 0.25) is 0 Å². The molecule has 6 heteroatoms. The van der Waals surface area contributed by atoms with Gasteiger partial charge < -0.3 is 10.0 Å². The first-order valence-corrected chi connectivity index (χ1v) is 9.09. The van der Waals surface area contributed by atoms with Crippen molar-refractivity contribution < 1.29 is 14.7 Å². The molecule has 1 fully saturated rings. The summed E-state index contributed by atoms with van der Waals surface area (Å²) in [6.45, 7) is 4.46. The molecule has 1 aliphatic carbocycles. The van der Waals surface area contributed by atoms with Crippen molar-refractivity contribution >= 4 is 11.9 Å². The lowest BCUT2D eigenvalue weighted by Crippen LogP contribution is -2.35. The zero-order valence-electron chi connectivity index (χ0n) is 15.2. The number of aromatic nitrogens is 2. The van der Waals surface area contributed by atoms with E-state index in [2.05, 4.69) is 5.10 Å². The molecule has 0 radical (unpaired) electrons. The number of fused-ring (bicyclic) bond motifs is 1. The Kier molecular flexibility index (Phi) is 3.86. The first-order valence-electron chi connectivity index (χ1n) is 9.09. The first-order chi connectivity index (χ1) is 12.4. The minimum absolute atomic E-state index is 0.140. The summed E-state index contributed by atoms with van der Waals surface area (Å²) in [4.78, 5) is 26.2. The average molecular weight is 353 g/mol. The number of amides is 1. The molecule has 0 bridgehead atoms. The SMILES string of the molecule is Cc1ccc(-n2nc(C(=O)N3CCC(C)(C(=O)O)C3)c3c2CCC3)cc1. The van der Waals surface area contributed by atoms with Gasteiger partial charge in [0.25, 0.3) is 5.91 Å². The Bertz CT molecular complexity index is 884. The van der Waals surface area contributed by atoms with Crippen molar-refractivity contribution in [3.8, 4) is 5.69 Å². The zero-order valence-corrected chi connectivity index (χ0v) is 15.2. The number of likely N-dealkylation sites (tertiary alicyclic amines) is 1. The Morgan fingerprint density at radius 1 is 1.19 bits per heavy atom. The third-order valence-electron chi connectivity index (χ3n) is 5.69. The highest BCUT2D eigenvalue weighted by Crippen LogP contribution is 2.33. The summed E-state index contributed by atoms with van der Waals surface area (Å²) < 4.78 is 1.89. The van der Waals surface area contributed by atoms with E-state index in [0.717, 1.165) is 36.2 Å². The van der Waals surface area contributed by atoms with Gasteiger partial charge in [-0.15, -0.1) is 0 Å². The molecule has 1 N–H and O–H groups in total. The lowest BCUT2D eigenvalue weighted by Gasteiger charge is -2.19. The van der Waals surface area contributed by atoms with Crippen LogP contribution in [0, 0.1) is 12.3 Å². The maximum absolute atomic E-state index is 13.1. The second kappa shape index (κ2) is 5.97. The van der Waals surface area contributed by atoms with Crippen molar-refractivity contribution in [3.05, 3.63) is 46.8 Å². The largest absolute Gasteiger partial charge is 0.481 e. The van der Waals surface area contributed by atoms with Gasteiger partial charge in [0, 0.05) is 24.3 Å². The molecule has 4 rings (SSSR count). The molecule has 1 aromatic heterocycles. The summed E-state index contributed by atoms with van der Waals surface area (Å²) in [5, 5.41) is 14.1. The molecule has 0 saturated carbocycles. The number of aliphatic carboxylic acids is 1. The molecule has 1 aromatic carbocycles. The molecule has 136 valence electrons. The van der Waals surface area contributed by atoms with E-state index in [0.29, 0.717) is 18.7 Å². The number of carboxylic acids is 1. The Labute approximate surface area is 152 Å². The summed E-state index contributed by atoms with van der Waals surface area (Å²) in [5.74, 6) is -0.984. The Morgan fingerprint density at radius 2 is 1.92 bits per heavy atom. The highest BCUT2D eigenvalue weighted by Gasteiger charge is 2.43. The number of benzene rings is 1. The van der Waals surface area contributed by atoms with Crippen molar-refractivity contribution in [3.63, 3.8) is 0 Å². The number of nitrogens with zero attached hydrogens (tertiary/aromatic N) is 3. The number of rotatable bonds is 3. The molecule has 1 aliphatic heterocycles. The second-order valence-corrected chi connectivity index (χ2v) is 7.72. The normalized spacial score (nSPS) is 21.8. The molecule has 2 heterocycles. The van der Waals surface area contributed by atoms with E-state index < -0.39 is 11.4 Å². The summed E-state index contributed by atoms with van der Waals surface area (Å²) in [5.41, 5.74) is 3.91. The van der Waals surface area contributed by atoms with Gasteiger partial charge >= 0.3 is 5.97 Å². The minimum Gasteiger partial charge on any atom is -0.481 e. The summed E-state index contributed by atoms with van der Waals surface area (Å²) in [6.07, 6.45) is 3.27. The number of hydrogen-bond acceptors (Lipinski definition) is 3. The fourth-order valence-electron chi connectivity index (χ4n) is 3.97. The van der Waals surface area contributed by atoms with E-state index in [9.17, 15) is 14.7 Å². The van der Waals surface area contributed by atoms with Gasteiger partial charge in [0.15, 0.2) is 5.69 Å². The third-order valence-corrected chi connectivity index (χ3v) is 5.69. The van der Waals surface area contributed by atoms with E-state index in [1.807, 2.05) is 35.9 Å². The van der Waals surface area contributed by atoms with Crippen LogP contribution in [0.5, 0.6) is 0 Å². The summed E-state index contributed by atoms with van der Waals surface area (Å²) >= 11 is 0. The Hall–Kier alpha value is -2.63. The van der Waals surface area contributed by atoms with E-state index in [1.54, 1.807) is 11.8 Å². The quantitative estimate of drug-likeness (QED) is 0.920. The van der Waals surface area contributed by atoms with Crippen LogP contribution in [0.3, 0.4) is 0 Å². The molecule has 0 spiro atoms. The number of carbonyl (C=O) groups excluding carboxylic acids is 1. The number of aryl methyl sites for hydroxylation is 1. The van der Waals surface area contributed by atoms with Crippen LogP contribution in [0.2, 0.25) is 0 Å². The van der Waals surface area contributed by atoms with Crippen molar-refractivity contribution in [2.24, 2.45) is 5.41 Å². The van der Waals surface area contributed by atoms with Crippen LogP contribution < -0.4 is 0 Å². The monoisotopic (exact) mass is 353 g/mol. The predicted octanol–water partition coefficient (Wildman–Crippen LogP) is 2.61. The summed E-state index contributed by atoms with van der Waals surface area (Å²) in [7, 11) is 0. The van der Waals surface area contributed by atoms with E-state index >= 15 is 0 Å². The molecule has 6 nitrogen and oxygen atoms in total. The van der Waals surface area contributed by atoms with Crippen LogP contribution in [-0.2, 0) is 17.6 Å². The molecule has 1 unspecified atom stereocenters. The maximum Gasteiger partial charge on any atom is 0.311 e. The van der Waals surface area contributed by atoms with Crippen LogP contribution in [0.25, 0.3) is 5.69 Å². The lowest BCUT2D eigenvalue weighted by atomic mass is 9.90. The fraction of sp³-hybridized carbons (Fsp3) is 0.450. The maximum atomic E-state index is 13.1. The molecule has 1 atom stereocenters. The lowest BCUT2D eigenvalue weighted by molar-refractivity contribution is -0.147. The number of carbonyl (C=O) groups is 2. The molecule has 1 amide bonds. The smallest absolute Gasteiger partial charge is 0.311 e. The predicted molar refractivity (Wildman–Crippen MR) is 96.6 cm³/mol. The van der Waals surface area contributed by atoms with Crippen molar-refractivity contribution in [2.45, 2.75) is 39.5 Å². The minimum atomic E-state index is -0.863. The molecule has 26 heavy (non-hydrogen) atoms. The zero-order chi connectivity index (χ0) is 18.5. The molecule has 2 aromatic rings. The van der Waals surface area contributed by atoms with Crippen LogP contribution >= 0.6 is 0 Å². The van der Waals surface area contributed by atoms with Gasteiger partial charge in [-0.2, -0.15) is 5.10 Å². The first kappa shape index (κ1) is 16.8. The average Bonchev–Trinajstić information content (AvgIpc) is 3.30. The molecular weight excluding hydrogens is 330 g/mol. The standard InChI is InChI=1S/C20H23N3O3/c1-13-6-8-14(9-7-13)23-16-5-3-4-15(16)17(21-23)18(24)22-11-10-20(2,12-22)19(25)26/h6-9H,3-5,10-12H2,1-2H3,(H,25,26). The van der Waals surface area contributed by atoms with Crippen molar-refractivity contribution in [1.82, 2.24) is 14.7 Å². The van der Waals surface area contributed by atoms with Crippen LogP contribution in [0.1, 0.15) is 47.1 Å². The van der Waals surface area contributed by atoms with Gasteiger partial charge in [-0.05, 0) is 51.7 Å². The van der Waals surface area contributed by atoms with E-state index in [-0.39, 0.29) is 12.5 Å². The van der Waals surface area contributed by atoms with Gasteiger partial charge in [-0.3, -0.25) is 9.59 Å². The number of carboxylic acid groups (broad SMARTS) is 1. The topological polar surface area (TPSA) is 75.4 Å². The van der Waals surface area contributed by atoms with Gasteiger partial charge in [-0.25, -0.2) is 4.68 Å². The van der Waals surface area contributed by atoms with Crippen LogP contribution in [0.15, 0.2) is 24.3 Å². The molecule has 1 saturated heterocycles. The highest BCUT2D eigenvalue weighted by atomic mass is 16.4. The van der Waals surface area contributed by atoms with Crippen molar-refractivity contribution in [1.29, 1.82) is 0 Å². The Morgan fingerprint density at radius 3 is 2.58 bits per heavy atom. The van der Waals surface area contributed by atoms with Gasteiger partial charge in [-0.1, -0.05) is 17.7 Å². The molecule has 2 aliphatic rings. The van der Waals surface area contributed by atoms with Gasteiger partial charge in [0.05, 0.1) is 11.1 Å². The van der Waals surface area contributed by atoms with E-state index in [1.165, 1.54) is 5.56 Å². The third kappa shape index (κ3) is 2.60. The highest BCUT2D eigenvalue weighted by molar-refractivity contribution is 5.95. The fourth-order valence-corrected chi connectivity index (χ4v) is 3.97. The van der Waals surface area contributed by atoms with Crippen molar-refractivity contribution in [2.75, 3.05) is 13.1 Å². The Balaban J connectivity index is 1.68. The number of hydrogen-bond donors (Lipinski definition) is 1. The second-order valence-electron chi connectivity index (χ2n) is 7.72.